The molecule has 0 radical (unpaired) electrons. The molecule has 0 bridgehead atoms. The Bertz CT molecular complexity index is 775. The zero-order valence-corrected chi connectivity index (χ0v) is 13.9. The highest BCUT2D eigenvalue weighted by molar-refractivity contribution is 6.35. The Hall–Kier alpha value is -1.95. The van der Waals surface area contributed by atoms with Crippen LogP contribution in [-0.2, 0) is 16.1 Å². The average Bonchev–Trinajstić information content (AvgIpc) is 2.80. The maximum Gasteiger partial charge on any atom is 0.251 e. The molecule has 1 fully saturated rings. The molecule has 1 atom stereocenters. The summed E-state index contributed by atoms with van der Waals surface area (Å²) in [5, 5.41) is 3.72. The van der Waals surface area contributed by atoms with Crippen LogP contribution in [0.4, 0.5) is 10.1 Å². The molecular weight excluding hydrogens is 354 g/mol. The van der Waals surface area contributed by atoms with Crippen LogP contribution in [0.1, 0.15) is 12.0 Å². The van der Waals surface area contributed by atoms with E-state index >= 15 is 0 Å². The molecule has 24 heavy (non-hydrogen) atoms. The monoisotopic (exact) mass is 366 g/mol. The number of carbonyl (C=O) groups excluding carboxylic acids is 2. The molecule has 2 aromatic rings. The van der Waals surface area contributed by atoms with Gasteiger partial charge in [-0.1, -0.05) is 35.3 Å². The van der Waals surface area contributed by atoms with E-state index < -0.39 is 6.04 Å². The zero-order chi connectivity index (χ0) is 17.3. The Labute approximate surface area is 148 Å². The first-order valence-electron chi connectivity index (χ1n) is 7.25. The van der Waals surface area contributed by atoms with E-state index in [1.165, 1.54) is 30.3 Å². The second-order valence-corrected chi connectivity index (χ2v) is 6.33. The van der Waals surface area contributed by atoms with Crippen molar-refractivity contribution in [2.75, 3.05) is 4.90 Å². The summed E-state index contributed by atoms with van der Waals surface area (Å²) in [6.45, 7) is 0.355. The van der Waals surface area contributed by atoms with Crippen molar-refractivity contribution in [2.45, 2.75) is 19.0 Å². The van der Waals surface area contributed by atoms with Gasteiger partial charge in [0.2, 0.25) is 5.91 Å². The Morgan fingerprint density at radius 1 is 1.08 bits per heavy atom. The lowest BCUT2D eigenvalue weighted by molar-refractivity contribution is -0.121. The van der Waals surface area contributed by atoms with Crippen LogP contribution in [-0.4, -0.2) is 17.9 Å². The largest absolute Gasteiger partial charge is 0.301 e. The Kier molecular flexibility index (Phi) is 4.85. The van der Waals surface area contributed by atoms with E-state index in [9.17, 15) is 14.0 Å². The number of nitrogens with one attached hydrogen (secondary N) is 1. The van der Waals surface area contributed by atoms with Crippen molar-refractivity contribution in [2.24, 2.45) is 0 Å². The normalized spacial score (nSPS) is 17.6. The summed E-state index contributed by atoms with van der Waals surface area (Å²) in [4.78, 5) is 25.8. The van der Waals surface area contributed by atoms with Crippen LogP contribution in [0.3, 0.4) is 0 Å². The molecular formula is C17H13Cl2FN2O2. The van der Waals surface area contributed by atoms with Crippen molar-refractivity contribution in [3.8, 4) is 0 Å². The summed E-state index contributed by atoms with van der Waals surface area (Å²) in [5.41, 5.74) is 1.18. The lowest BCUT2D eigenvalue weighted by Crippen LogP contribution is -2.38. The first kappa shape index (κ1) is 16.9. The van der Waals surface area contributed by atoms with E-state index in [2.05, 4.69) is 5.32 Å². The maximum atomic E-state index is 12.9. The second kappa shape index (κ2) is 6.89. The van der Waals surface area contributed by atoms with Crippen molar-refractivity contribution >= 4 is 40.7 Å². The second-order valence-electron chi connectivity index (χ2n) is 5.46. The molecule has 3 rings (SSSR count). The highest BCUT2D eigenvalue weighted by Gasteiger charge is 2.39. The Balaban J connectivity index is 1.72. The van der Waals surface area contributed by atoms with Gasteiger partial charge in [-0.3, -0.25) is 9.59 Å². The molecule has 0 spiro atoms. The van der Waals surface area contributed by atoms with Gasteiger partial charge in [0.15, 0.2) is 0 Å². The predicted molar refractivity (Wildman–Crippen MR) is 90.6 cm³/mol. The molecule has 124 valence electrons. The van der Waals surface area contributed by atoms with Gasteiger partial charge in [0.05, 0.1) is 18.2 Å². The summed E-state index contributed by atoms with van der Waals surface area (Å²) in [6.07, 6.45) is 0.0458. The number of anilines is 1. The molecule has 1 aliphatic heterocycles. The minimum atomic E-state index is -0.639. The predicted octanol–water partition coefficient (Wildman–Crippen LogP) is 3.55. The third kappa shape index (κ3) is 3.59. The molecule has 7 heteroatoms. The number of nitrogens with zero attached hydrogens (tertiary/aromatic N) is 1. The maximum absolute atomic E-state index is 12.9. The van der Waals surface area contributed by atoms with Gasteiger partial charge < -0.3 is 5.32 Å². The first-order chi connectivity index (χ1) is 11.4. The fourth-order valence-electron chi connectivity index (χ4n) is 2.57. The minimum Gasteiger partial charge on any atom is -0.301 e. The number of hydrogen-bond acceptors (Lipinski definition) is 3. The number of benzene rings is 2. The van der Waals surface area contributed by atoms with Crippen molar-refractivity contribution < 1.29 is 14.0 Å². The lowest BCUT2D eigenvalue weighted by Gasteiger charge is -2.16. The zero-order valence-electron chi connectivity index (χ0n) is 12.4. The minimum absolute atomic E-state index is 0.0458. The van der Waals surface area contributed by atoms with Crippen molar-refractivity contribution in [1.29, 1.82) is 0 Å². The van der Waals surface area contributed by atoms with E-state index in [0.29, 0.717) is 22.3 Å². The summed E-state index contributed by atoms with van der Waals surface area (Å²) in [5.74, 6) is -1.01. The number of carbonyl (C=O) groups is 2. The quantitative estimate of drug-likeness (QED) is 0.841. The number of amides is 2. The van der Waals surface area contributed by atoms with Gasteiger partial charge in [-0.15, -0.1) is 0 Å². The van der Waals surface area contributed by atoms with Crippen molar-refractivity contribution in [3.63, 3.8) is 0 Å². The molecule has 0 aromatic heterocycles. The molecule has 1 N–H and O–H groups in total. The number of rotatable bonds is 4. The molecule has 1 heterocycles. The SMILES string of the molecule is O=C1CC(NCc2ccc(F)cc2)C(=O)N1c1cc(Cl)cc(Cl)c1. The average molecular weight is 367 g/mol. The van der Waals surface area contributed by atoms with E-state index in [-0.39, 0.29) is 24.1 Å². The molecule has 1 aliphatic rings. The summed E-state index contributed by atoms with van der Waals surface area (Å²) in [6, 6.07) is 9.87. The van der Waals surface area contributed by atoms with Gasteiger partial charge in [0, 0.05) is 16.6 Å². The van der Waals surface area contributed by atoms with Gasteiger partial charge >= 0.3 is 0 Å². The molecule has 1 saturated heterocycles. The lowest BCUT2D eigenvalue weighted by atomic mass is 10.2. The van der Waals surface area contributed by atoms with Crippen LogP contribution in [0, 0.1) is 5.82 Å². The van der Waals surface area contributed by atoms with E-state index in [4.69, 9.17) is 23.2 Å². The van der Waals surface area contributed by atoms with E-state index in [1.807, 2.05) is 0 Å². The van der Waals surface area contributed by atoms with Gasteiger partial charge in [0.25, 0.3) is 5.91 Å². The smallest absolute Gasteiger partial charge is 0.251 e. The Morgan fingerprint density at radius 2 is 1.71 bits per heavy atom. The fourth-order valence-corrected chi connectivity index (χ4v) is 3.09. The van der Waals surface area contributed by atoms with Gasteiger partial charge in [-0.2, -0.15) is 0 Å². The van der Waals surface area contributed by atoms with Crippen LogP contribution in [0.2, 0.25) is 10.0 Å². The third-order valence-electron chi connectivity index (χ3n) is 3.72. The molecule has 0 saturated carbocycles. The number of halogens is 3. The highest BCUT2D eigenvalue weighted by Crippen LogP contribution is 2.29. The standard InChI is InChI=1S/C17H13Cl2FN2O2/c18-11-5-12(19)7-14(6-11)22-16(23)8-15(17(22)24)21-9-10-1-3-13(20)4-2-10/h1-7,15,21H,8-9H2. The third-order valence-corrected chi connectivity index (χ3v) is 4.15. The van der Waals surface area contributed by atoms with Crippen LogP contribution in [0.15, 0.2) is 42.5 Å². The van der Waals surface area contributed by atoms with Gasteiger partial charge in [-0.25, -0.2) is 9.29 Å². The molecule has 0 aliphatic carbocycles. The first-order valence-corrected chi connectivity index (χ1v) is 8.00. The fraction of sp³-hybridized carbons (Fsp3) is 0.176. The summed E-state index contributed by atoms with van der Waals surface area (Å²) < 4.78 is 12.9. The van der Waals surface area contributed by atoms with Crippen LogP contribution in [0.5, 0.6) is 0 Å². The summed E-state index contributed by atoms with van der Waals surface area (Å²) >= 11 is 11.9. The van der Waals surface area contributed by atoms with Gasteiger partial charge in [-0.05, 0) is 35.9 Å². The number of hydrogen-bond donors (Lipinski definition) is 1. The van der Waals surface area contributed by atoms with Crippen molar-refractivity contribution in [1.82, 2.24) is 5.32 Å². The molecule has 4 nitrogen and oxygen atoms in total. The van der Waals surface area contributed by atoms with E-state index in [0.717, 1.165) is 10.5 Å². The topological polar surface area (TPSA) is 49.4 Å². The van der Waals surface area contributed by atoms with Crippen LogP contribution >= 0.6 is 23.2 Å². The highest BCUT2D eigenvalue weighted by atomic mass is 35.5. The van der Waals surface area contributed by atoms with Gasteiger partial charge in [0.1, 0.15) is 5.82 Å². The van der Waals surface area contributed by atoms with Crippen molar-refractivity contribution in [3.05, 3.63) is 63.9 Å². The van der Waals surface area contributed by atoms with Crippen LogP contribution in [0.25, 0.3) is 0 Å². The molecule has 2 amide bonds. The summed E-state index contributed by atoms with van der Waals surface area (Å²) in [7, 11) is 0. The molecule has 2 aromatic carbocycles. The number of imide groups is 1. The van der Waals surface area contributed by atoms with Crippen LogP contribution < -0.4 is 10.2 Å². The van der Waals surface area contributed by atoms with E-state index in [1.54, 1.807) is 12.1 Å². The molecule has 1 unspecified atom stereocenters. The Morgan fingerprint density at radius 3 is 2.33 bits per heavy atom.